The summed E-state index contributed by atoms with van der Waals surface area (Å²) in [6, 6.07) is 0. The second-order valence-electron chi connectivity index (χ2n) is 1.92. The summed E-state index contributed by atoms with van der Waals surface area (Å²) in [4.78, 5) is 0. The number of hydrogen-bond acceptors (Lipinski definition) is 2. The van der Waals surface area contributed by atoms with Crippen LogP contribution in [0, 0.1) is 6.92 Å². The predicted molar refractivity (Wildman–Crippen MR) is 46.6 cm³/mol. The molecule has 0 saturated carbocycles. The van der Waals surface area contributed by atoms with E-state index in [1.807, 2.05) is 0 Å². The van der Waals surface area contributed by atoms with Gasteiger partial charge in [-0.1, -0.05) is 8.93 Å². The van der Waals surface area contributed by atoms with Gasteiger partial charge < -0.3 is 16.7 Å². The molecular formula is C5H14NOP2W-. The molecule has 0 spiro atoms. The Hall–Kier alpha value is 1.47. The molecule has 3 atom stereocenters. The van der Waals surface area contributed by atoms with Gasteiger partial charge in [0.2, 0.25) is 0 Å². The maximum absolute atomic E-state index is 8.91. The number of aliphatic hydroxyl groups excluding tert-OH is 1. The molecule has 0 bridgehead atoms. The van der Waals surface area contributed by atoms with Crippen molar-refractivity contribution in [1.82, 2.24) is 4.67 Å². The van der Waals surface area contributed by atoms with E-state index < -0.39 is 0 Å². The quantitative estimate of drug-likeness (QED) is 0.602. The Balaban J connectivity index is 0. The van der Waals surface area contributed by atoms with Crippen molar-refractivity contribution in [3.05, 3.63) is 6.92 Å². The molecule has 0 heterocycles. The monoisotopic (exact) mass is 350 g/mol. The molecule has 0 saturated heterocycles. The smallest absolute Gasteiger partial charge is 0.0641 e. The maximum atomic E-state index is 8.91. The van der Waals surface area contributed by atoms with Crippen LogP contribution in [0.4, 0.5) is 0 Å². The zero-order valence-corrected chi connectivity index (χ0v) is 11.2. The van der Waals surface area contributed by atoms with Crippen molar-refractivity contribution in [3.63, 3.8) is 0 Å². The fraction of sp³-hybridized carbons (Fsp3) is 0.800. The molecule has 2 nitrogen and oxygen atoms in total. The summed E-state index contributed by atoms with van der Waals surface area (Å²) in [5, 5.41) is 8.91. The molecule has 1 N–H and O–H groups in total. The van der Waals surface area contributed by atoms with Crippen molar-refractivity contribution in [2.75, 3.05) is 13.1 Å². The molecule has 3 unspecified atom stereocenters. The van der Waals surface area contributed by atoms with Crippen molar-refractivity contribution in [2.24, 2.45) is 0 Å². The normalized spacial score (nSPS) is 14.1. The first-order valence-electron chi connectivity index (χ1n) is 2.89. The first kappa shape index (κ1) is 14.0. The summed E-state index contributed by atoms with van der Waals surface area (Å²) in [6.07, 6.45) is -0.236. The van der Waals surface area contributed by atoms with Crippen LogP contribution in [0.1, 0.15) is 6.92 Å². The van der Waals surface area contributed by atoms with Gasteiger partial charge in [0.05, 0.1) is 6.10 Å². The SMILES string of the molecule is [CH2-]CN(CC(C)O)PP.[W]. The van der Waals surface area contributed by atoms with Gasteiger partial charge >= 0.3 is 0 Å². The summed E-state index contributed by atoms with van der Waals surface area (Å²) in [7, 11) is 3.30. The fourth-order valence-electron chi connectivity index (χ4n) is 0.527. The Kier molecular flexibility index (Phi) is 12.0. The van der Waals surface area contributed by atoms with Crippen molar-refractivity contribution in [1.29, 1.82) is 0 Å². The molecule has 0 fully saturated rings. The van der Waals surface area contributed by atoms with E-state index in [1.165, 1.54) is 0 Å². The predicted octanol–water partition coefficient (Wildman–Crippen LogP) is 0.884. The standard InChI is InChI=1S/C5H14NOP2.W/c1-3-6(9-8)4-5(2)7;/h5,7,9H,1,3-4,8H2,2H3;/q-1;. The van der Waals surface area contributed by atoms with E-state index in [0.717, 1.165) is 13.1 Å². The molecule has 0 radical (unpaired) electrons. The second kappa shape index (κ2) is 8.56. The third-order valence-corrected chi connectivity index (χ3v) is 2.80. The van der Waals surface area contributed by atoms with Crippen LogP contribution < -0.4 is 0 Å². The third kappa shape index (κ3) is 7.57. The van der Waals surface area contributed by atoms with Crippen LogP contribution in [-0.4, -0.2) is 29.0 Å². The van der Waals surface area contributed by atoms with Crippen LogP contribution >= 0.6 is 17.3 Å². The van der Waals surface area contributed by atoms with Crippen LogP contribution in [0.25, 0.3) is 0 Å². The van der Waals surface area contributed by atoms with E-state index in [4.69, 9.17) is 5.11 Å². The van der Waals surface area contributed by atoms with Gasteiger partial charge in [-0.05, 0) is 15.3 Å². The first-order valence-corrected chi connectivity index (χ1v) is 5.65. The topological polar surface area (TPSA) is 23.5 Å². The minimum atomic E-state index is -0.236. The number of aliphatic hydroxyl groups is 1. The Morgan fingerprint density at radius 1 is 1.80 bits per heavy atom. The number of hydrogen-bond donors (Lipinski definition) is 1. The number of nitrogens with zero attached hydrogens (tertiary/aromatic N) is 1. The van der Waals surface area contributed by atoms with Crippen LogP contribution in [0.5, 0.6) is 0 Å². The van der Waals surface area contributed by atoms with Gasteiger partial charge in [0.15, 0.2) is 0 Å². The Labute approximate surface area is 81.3 Å². The molecule has 0 aromatic rings. The van der Waals surface area contributed by atoms with E-state index in [0.29, 0.717) is 8.42 Å². The van der Waals surface area contributed by atoms with Crippen LogP contribution in [0.15, 0.2) is 0 Å². The summed E-state index contributed by atoms with van der Waals surface area (Å²) in [5.41, 5.74) is 0. The van der Waals surface area contributed by atoms with Crippen LogP contribution in [0.2, 0.25) is 0 Å². The summed E-state index contributed by atoms with van der Waals surface area (Å²) in [5.74, 6) is 0. The molecule has 5 heteroatoms. The first-order chi connectivity index (χ1) is 4.20. The second-order valence-corrected chi connectivity index (χ2v) is 3.59. The van der Waals surface area contributed by atoms with E-state index in [-0.39, 0.29) is 27.2 Å². The molecule has 0 amide bonds. The van der Waals surface area contributed by atoms with E-state index in [1.54, 1.807) is 6.92 Å². The number of rotatable bonds is 4. The molecule has 0 aliphatic rings. The average molecular weight is 350 g/mol. The molecular weight excluding hydrogens is 336 g/mol. The average Bonchev–Trinajstić information content (AvgIpc) is 1.82. The van der Waals surface area contributed by atoms with Gasteiger partial charge in [-0.15, -0.1) is 6.54 Å². The van der Waals surface area contributed by atoms with Crippen LogP contribution in [-0.2, 0) is 21.1 Å². The van der Waals surface area contributed by atoms with Crippen molar-refractivity contribution in [3.8, 4) is 0 Å². The Morgan fingerprint density at radius 3 is 2.40 bits per heavy atom. The van der Waals surface area contributed by atoms with Crippen molar-refractivity contribution >= 4 is 17.3 Å². The molecule has 10 heavy (non-hydrogen) atoms. The van der Waals surface area contributed by atoms with Crippen LogP contribution in [0.3, 0.4) is 0 Å². The Bertz CT molecular complexity index is 70.7. The minimum absolute atomic E-state index is 0. The van der Waals surface area contributed by atoms with E-state index >= 15 is 0 Å². The zero-order chi connectivity index (χ0) is 7.28. The van der Waals surface area contributed by atoms with Gasteiger partial charge in [0, 0.05) is 27.6 Å². The van der Waals surface area contributed by atoms with Gasteiger partial charge in [-0.2, -0.15) is 0 Å². The van der Waals surface area contributed by atoms with Gasteiger partial charge in [-0.3, -0.25) is 0 Å². The van der Waals surface area contributed by atoms with E-state index in [2.05, 4.69) is 20.5 Å². The van der Waals surface area contributed by atoms with E-state index in [9.17, 15) is 0 Å². The molecule has 0 aromatic heterocycles. The summed E-state index contributed by atoms with van der Waals surface area (Å²) in [6.45, 7) is 7.00. The van der Waals surface area contributed by atoms with Gasteiger partial charge in [-0.25, -0.2) is 0 Å². The molecule has 62 valence electrons. The summed E-state index contributed by atoms with van der Waals surface area (Å²) >= 11 is 0. The third-order valence-electron chi connectivity index (χ3n) is 0.937. The van der Waals surface area contributed by atoms with Gasteiger partial charge in [0.25, 0.3) is 0 Å². The largest absolute Gasteiger partial charge is 0.392 e. The molecule has 0 aromatic carbocycles. The van der Waals surface area contributed by atoms with Crippen molar-refractivity contribution in [2.45, 2.75) is 13.0 Å². The molecule has 0 aliphatic carbocycles. The summed E-state index contributed by atoms with van der Waals surface area (Å²) < 4.78 is 2.08. The molecule has 0 aliphatic heterocycles. The maximum Gasteiger partial charge on any atom is 0.0641 e. The molecule has 0 rings (SSSR count). The van der Waals surface area contributed by atoms with Crippen molar-refractivity contribution < 1.29 is 26.2 Å². The van der Waals surface area contributed by atoms with Gasteiger partial charge in [0.1, 0.15) is 0 Å². The Morgan fingerprint density at radius 2 is 2.30 bits per heavy atom. The zero-order valence-electron chi connectivity index (χ0n) is 6.08. The minimum Gasteiger partial charge on any atom is -0.392 e. The fourth-order valence-corrected chi connectivity index (χ4v) is 1.73.